The van der Waals surface area contributed by atoms with Crippen molar-refractivity contribution < 1.29 is 32.3 Å². The number of hydrogen-bond donors (Lipinski definition) is 2. The lowest BCUT2D eigenvalue weighted by Crippen LogP contribution is -2.41. The van der Waals surface area contributed by atoms with E-state index in [-0.39, 0.29) is 6.54 Å². The summed E-state index contributed by atoms with van der Waals surface area (Å²) in [6, 6.07) is 12.1. The van der Waals surface area contributed by atoms with Crippen molar-refractivity contribution in [2.45, 2.75) is 12.7 Å². The zero-order chi connectivity index (χ0) is 19.9. The molecule has 0 unspecified atom stereocenters. The zero-order valence-electron chi connectivity index (χ0n) is 13.9. The van der Waals surface area contributed by atoms with Crippen LogP contribution in [0.25, 0.3) is 0 Å². The van der Waals surface area contributed by atoms with Crippen LogP contribution in [0.4, 0.5) is 18.0 Å². The highest BCUT2D eigenvalue weighted by atomic mass is 19.4. The van der Waals surface area contributed by atoms with Crippen molar-refractivity contribution in [3.8, 4) is 0 Å². The summed E-state index contributed by atoms with van der Waals surface area (Å²) in [5, 5.41) is 4.33. The number of carbonyl (C=O) groups is 3. The Labute approximate surface area is 152 Å². The average Bonchev–Trinajstić information content (AvgIpc) is 2.64. The number of urea groups is 1. The molecule has 0 spiro atoms. The molecule has 0 bridgehead atoms. The van der Waals surface area contributed by atoms with E-state index in [9.17, 15) is 27.6 Å². The highest BCUT2D eigenvalue weighted by Gasteiger charge is 2.35. The van der Waals surface area contributed by atoms with E-state index in [0.29, 0.717) is 0 Å². The zero-order valence-corrected chi connectivity index (χ0v) is 13.9. The first-order valence-corrected chi connectivity index (χ1v) is 7.72. The van der Waals surface area contributed by atoms with Crippen molar-refractivity contribution in [1.82, 2.24) is 10.6 Å². The van der Waals surface area contributed by atoms with Crippen molar-refractivity contribution in [1.29, 1.82) is 0 Å². The van der Waals surface area contributed by atoms with E-state index < -0.39 is 41.8 Å². The van der Waals surface area contributed by atoms with E-state index in [1.54, 1.807) is 30.3 Å². The Hall–Kier alpha value is -3.36. The van der Waals surface area contributed by atoms with Crippen molar-refractivity contribution in [3.63, 3.8) is 0 Å². The van der Waals surface area contributed by atoms with Crippen LogP contribution in [-0.4, -0.2) is 24.5 Å². The molecule has 0 atom stereocenters. The molecule has 2 aromatic carbocycles. The fraction of sp³-hybridized carbons (Fsp3) is 0.167. The quantitative estimate of drug-likeness (QED) is 0.782. The normalized spacial score (nSPS) is 10.8. The molecule has 2 rings (SSSR count). The smallest absolute Gasteiger partial charge is 0.417 e. The maximum atomic E-state index is 12.9. The molecule has 0 saturated heterocycles. The number of esters is 1. The van der Waals surface area contributed by atoms with Gasteiger partial charge < -0.3 is 10.1 Å². The summed E-state index contributed by atoms with van der Waals surface area (Å²) in [6.07, 6.45) is -4.74. The van der Waals surface area contributed by atoms with E-state index in [0.717, 1.165) is 23.8 Å². The van der Waals surface area contributed by atoms with Gasteiger partial charge in [-0.3, -0.25) is 10.1 Å². The largest absolute Gasteiger partial charge is 0.452 e. The Kier molecular flexibility index (Phi) is 6.53. The Morgan fingerprint density at radius 2 is 1.56 bits per heavy atom. The van der Waals surface area contributed by atoms with Gasteiger partial charge in [0.25, 0.3) is 5.91 Å². The second-order valence-electron chi connectivity index (χ2n) is 5.34. The van der Waals surface area contributed by atoms with E-state index >= 15 is 0 Å². The van der Waals surface area contributed by atoms with Crippen LogP contribution in [0.1, 0.15) is 21.5 Å². The van der Waals surface area contributed by atoms with Gasteiger partial charge in [-0.2, -0.15) is 13.2 Å². The summed E-state index contributed by atoms with van der Waals surface area (Å²) in [5.74, 6) is -2.29. The fourth-order valence-corrected chi connectivity index (χ4v) is 2.10. The third-order valence-corrected chi connectivity index (χ3v) is 3.34. The van der Waals surface area contributed by atoms with Gasteiger partial charge in [-0.1, -0.05) is 42.5 Å². The molecule has 27 heavy (non-hydrogen) atoms. The molecule has 0 heterocycles. The highest BCUT2D eigenvalue weighted by molar-refractivity contribution is 5.97. The molecule has 0 aliphatic carbocycles. The number of nitrogens with one attached hydrogen (secondary N) is 2. The molecule has 0 aliphatic rings. The summed E-state index contributed by atoms with van der Waals surface area (Å²) in [4.78, 5) is 35.0. The number of benzene rings is 2. The van der Waals surface area contributed by atoms with Crippen LogP contribution in [-0.2, 0) is 22.3 Å². The highest BCUT2D eigenvalue weighted by Crippen LogP contribution is 2.32. The number of rotatable bonds is 5. The molecule has 2 aromatic rings. The van der Waals surface area contributed by atoms with Gasteiger partial charge in [-0.05, 0) is 17.7 Å². The molecule has 6 nitrogen and oxygen atoms in total. The number of hydrogen-bond acceptors (Lipinski definition) is 4. The molecule has 0 radical (unpaired) electrons. The maximum absolute atomic E-state index is 12.9. The van der Waals surface area contributed by atoms with Crippen LogP contribution >= 0.6 is 0 Å². The molecule has 9 heteroatoms. The molecule has 2 N–H and O–H groups in total. The standard InChI is InChI=1S/C18H15F3N2O4/c19-18(20,21)14-9-5-4-8-13(14)16(25)27-11-15(24)23-17(26)22-10-12-6-2-1-3-7-12/h1-9H,10-11H2,(H2,22,23,24,26). The lowest BCUT2D eigenvalue weighted by molar-refractivity contribution is -0.138. The third kappa shape index (κ3) is 6.14. The lowest BCUT2D eigenvalue weighted by Gasteiger charge is -2.12. The molecule has 0 aliphatic heterocycles. The van der Waals surface area contributed by atoms with Gasteiger partial charge in [0.05, 0.1) is 11.1 Å². The van der Waals surface area contributed by atoms with Crippen LogP contribution in [0.5, 0.6) is 0 Å². The summed E-state index contributed by atoms with van der Waals surface area (Å²) in [6.45, 7) is -0.734. The van der Waals surface area contributed by atoms with E-state index in [1.165, 1.54) is 6.07 Å². The number of halogens is 3. The van der Waals surface area contributed by atoms with E-state index in [4.69, 9.17) is 0 Å². The van der Waals surface area contributed by atoms with Gasteiger partial charge in [0.2, 0.25) is 0 Å². The van der Waals surface area contributed by atoms with Gasteiger partial charge >= 0.3 is 18.2 Å². The Bertz CT molecular complexity index is 823. The summed E-state index contributed by atoms with van der Waals surface area (Å²) < 4.78 is 43.2. The topological polar surface area (TPSA) is 84.5 Å². The molecule has 3 amide bonds. The SMILES string of the molecule is O=C(COC(=O)c1ccccc1C(F)(F)F)NC(=O)NCc1ccccc1. The van der Waals surface area contributed by atoms with Crippen LogP contribution in [0.3, 0.4) is 0 Å². The second kappa shape index (κ2) is 8.84. The van der Waals surface area contributed by atoms with Gasteiger partial charge in [0.1, 0.15) is 0 Å². The number of alkyl halides is 3. The molecule has 142 valence electrons. The molecular weight excluding hydrogens is 365 g/mol. The third-order valence-electron chi connectivity index (χ3n) is 3.34. The molecule has 0 saturated carbocycles. The van der Waals surface area contributed by atoms with Gasteiger partial charge in [-0.15, -0.1) is 0 Å². The monoisotopic (exact) mass is 380 g/mol. The summed E-state index contributed by atoms with van der Waals surface area (Å²) in [7, 11) is 0. The van der Waals surface area contributed by atoms with Gasteiger partial charge in [-0.25, -0.2) is 9.59 Å². The fourth-order valence-electron chi connectivity index (χ4n) is 2.10. The van der Waals surface area contributed by atoms with Crippen molar-refractivity contribution in [2.24, 2.45) is 0 Å². The predicted molar refractivity (Wildman–Crippen MR) is 88.5 cm³/mol. The first-order chi connectivity index (χ1) is 12.8. The minimum atomic E-state index is -4.74. The number of amides is 3. The Morgan fingerprint density at radius 1 is 0.926 bits per heavy atom. The second-order valence-corrected chi connectivity index (χ2v) is 5.34. The number of imide groups is 1. The van der Waals surface area contributed by atoms with Crippen LogP contribution in [0, 0.1) is 0 Å². The van der Waals surface area contributed by atoms with Crippen LogP contribution in [0.15, 0.2) is 54.6 Å². The van der Waals surface area contributed by atoms with Crippen molar-refractivity contribution in [2.75, 3.05) is 6.61 Å². The first-order valence-electron chi connectivity index (χ1n) is 7.72. The van der Waals surface area contributed by atoms with E-state index in [1.807, 2.05) is 5.32 Å². The Morgan fingerprint density at radius 3 is 2.22 bits per heavy atom. The average molecular weight is 380 g/mol. The number of ether oxygens (including phenoxy) is 1. The van der Waals surface area contributed by atoms with Crippen LogP contribution < -0.4 is 10.6 Å². The summed E-state index contributed by atoms with van der Waals surface area (Å²) in [5.41, 5.74) is -1.09. The predicted octanol–water partition coefficient (Wildman–Crippen LogP) is 2.89. The Balaban J connectivity index is 1.83. The van der Waals surface area contributed by atoms with E-state index in [2.05, 4.69) is 10.1 Å². The van der Waals surface area contributed by atoms with Crippen molar-refractivity contribution in [3.05, 3.63) is 71.3 Å². The first kappa shape index (κ1) is 20.0. The van der Waals surface area contributed by atoms with Gasteiger partial charge in [0, 0.05) is 6.54 Å². The van der Waals surface area contributed by atoms with Crippen LogP contribution in [0.2, 0.25) is 0 Å². The molecular formula is C18H15F3N2O4. The summed E-state index contributed by atoms with van der Waals surface area (Å²) >= 11 is 0. The lowest BCUT2D eigenvalue weighted by atomic mass is 10.1. The van der Waals surface area contributed by atoms with Crippen molar-refractivity contribution >= 4 is 17.9 Å². The minimum Gasteiger partial charge on any atom is -0.452 e. The minimum absolute atomic E-state index is 0.165. The molecule has 0 aromatic heterocycles. The molecule has 0 fully saturated rings. The maximum Gasteiger partial charge on any atom is 0.417 e. The number of carbonyl (C=O) groups excluding carboxylic acids is 3. The van der Waals surface area contributed by atoms with Gasteiger partial charge in [0.15, 0.2) is 6.61 Å².